The first-order chi connectivity index (χ1) is 11.1. The minimum atomic E-state index is -0.593. The SMILES string of the molecule is CC.COC(=O)C(N)Cc1ccc(C2=CCN(SC)CC2)cc1. The van der Waals surface area contributed by atoms with E-state index in [4.69, 9.17) is 5.73 Å². The van der Waals surface area contributed by atoms with Crippen molar-refractivity contribution in [2.75, 3.05) is 26.5 Å². The second kappa shape index (κ2) is 10.5. The third kappa shape index (κ3) is 6.01. The summed E-state index contributed by atoms with van der Waals surface area (Å²) in [5, 5.41) is 0. The van der Waals surface area contributed by atoms with Crippen molar-refractivity contribution in [3.8, 4) is 0 Å². The highest BCUT2D eigenvalue weighted by atomic mass is 32.2. The van der Waals surface area contributed by atoms with Gasteiger partial charge in [0.25, 0.3) is 0 Å². The van der Waals surface area contributed by atoms with Crippen molar-refractivity contribution in [3.63, 3.8) is 0 Å². The predicted molar refractivity (Wildman–Crippen MR) is 99.2 cm³/mol. The highest BCUT2D eigenvalue weighted by Gasteiger charge is 2.15. The molecule has 0 saturated heterocycles. The molecule has 0 aromatic heterocycles. The van der Waals surface area contributed by atoms with E-state index in [2.05, 4.69) is 33.5 Å². The number of hydrogen-bond acceptors (Lipinski definition) is 5. The van der Waals surface area contributed by atoms with Crippen LogP contribution in [0.25, 0.3) is 5.57 Å². The molecule has 0 radical (unpaired) electrons. The highest BCUT2D eigenvalue weighted by Crippen LogP contribution is 2.25. The van der Waals surface area contributed by atoms with E-state index in [1.54, 1.807) is 11.9 Å². The number of methoxy groups -OCH3 is 1. The standard InChI is InChI=1S/C16H22N2O2S.C2H6/c1-20-16(19)15(17)11-12-3-5-13(6-4-12)14-7-9-18(21-2)10-8-14;1-2/h3-7,15H,8-11,17H2,1-2H3;1-2H3. The molecule has 4 nitrogen and oxygen atoms in total. The Morgan fingerprint density at radius 3 is 2.48 bits per heavy atom. The van der Waals surface area contributed by atoms with E-state index in [0.29, 0.717) is 6.42 Å². The van der Waals surface area contributed by atoms with Gasteiger partial charge >= 0.3 is 5.97 Å². The van der Waals surface area contributed by atoms with Crippen LogP contribution in [0.1, 0.15) is 31.4 Å². The Morgan fingerprint density at radius 2 is 2.00 bits per heavy atom. The lowest BCUT2D eigenvalue weighted by atomic mass is 9.97. The molecule has 1 aliphatic heterocycles. The van der Waals surface area contributed by atoms with Crippen molar-refractivity contribution in [2.24, 2.45) is 5.73 Å². The first kappa shape index (κ1) is 19.7. The summed E-state index contributed by atoms with van der Waals surface area (Å²) in [7, 11) is 1.36. The zero-order valence-electron chi connectivity index (χ0n) is 14.5. The van der Waals surface area contributed by atoms with Crippen LogP contribution in [-0.4, -0.2) is 42.8 Å². The van der Waals surface area contributed by atoms with Gasteiger partial charge in [-0.1, -0.05) is 56.1 Å². The van der Waals surface area contributed by atoms with Crippen LogP contribution < -0.4 is 5.73 Å². The minimum Gasteiger partial charge on any atom is -0.468 e. The summed E-state index contributed by atoms with van der Waals surface area (Å²) in [5.41, 5.74) is 9.48. The summed E-state index contributed by atoms with van der Waals surface area (Å²) in [4.78, 5) is 11.3. The van der Waals surface area contributed by atoms with Crippen LogP contribution >= 0.6 is 11.9 Å². The van der Waals surface area contributed by atoms with Crippen molar-refractivity contribution in [1.82, 2.24) is 4.31 Å². The van der Waals surface area contributed by atoms with Crippen molar-refractivity contribution in [2.45, 2.75) is 32.7 Å². The first-order valence-corrected chi connectivity index (χ1v) is 9.23. The number of nitrogens with two attached hydrogens (primary N) is 1. The molecule has 0 bridgehead atoms. The van der Waals surface area contributed by atoms with Gasteiger partial charge in [-0.25, -0.2) is 4.31 Å². The van der Waals surface area contributed by atoms with Crippen LogP contribution in [0.15, 0.2) is 30.3 Å². The van der Waals surface area contributed by atoms with E-state index in [1.165, 1.54) is 18.2 Å². The molecule has 0 fully saturated rings. The molecular weight excluding hydrogens is 308 g/mol. The van der Waals surface area contributed by atoms with Crippen molar-refractivity contribution in [1.29, 1.82) is 0 Å². The zero-order valence-corrected chi connectivity index (χ0v) is 15.4. The molecule has 1 aliphatic rings. The molecule has 0 aliphatic carbocycles. The Balaban J connectivity index is 0.00000127. The van der Waals surface area contributed by atoms with Gasteiger partial charge in [0.15, 0.2) is 0 Å². The van der Waals surface area contributed by atoms with Gasteiger partial charge in [0, 0.05) is 13.1 Å². The molecule has 1 aromatic rings. The number of carbonyl (C=O) groups excluding carboxylic acids is 1. The summed E-state index contributed by atoms with van der Waals surface area (Å²) in [5.74, 6) is -0.369. The number of ether oxygens (including phenoxy) is 1. The molecule has 1 aromatic carbocycles. The van der Waals surface area contributed by atoms with Gasteiger partial charge in [0.2, 0.25) is 0 Å². The van der Waals surface area contributed by atoms with E-state index >= 15 is 0 Å². The second-order valence-electron chi connectivity index (χ2n) is 5.08. The lowest BCUT2D eigenvalue weighted by Crippen LogP contribution is -2.33. The predicted octanol–water partition coefficient (Wildman–Crippen LogP) is 3.12. The van der Waals surface area contributed by atoms with Crippen LogP contribution in [0.4, 0.5) is 0 Å². The third-order valence-electron chi connectivity index (χ3n) is 3.71. The van der Waals surface area contributed by atoms with Crippen LogP contribution in [0.2, 0.25) is 0 Å². The molecule has 5 heteroatoms. The Labute approximate surface area is 144 Å². The number of hydrogen-bond donors (Lipinski definition) is 1. The van der Waals surface area contributed by atoms with Crippen molar-refractivity contribution < 1.29 is 9.53 Å². The van der Waals surface area contributed by atoms with Crippen LogP contribution in [-0.2, 0) is 16.0 Å². The van der Waals surface area contributed by atoms with E-state index in [1.807, 2.05) is 26.0 Å². The molecular formula is C18H28N2O2S. The molecule has 1 unspecified atom stereocenters. The van der Waals surface area contributed by atoms with Gasteiger partial charge in [-0.15, -0.1) is 0 Å². The summed E-state index contributed by atoms with van der Waals surface area (Å²) < 4.78 is 6.98. The van der Waals surface area contributed by atoms with Gasteiger partial charge in [-0.3, -0.25) is 4.79 Å². The molecule has 2 rings (SSSR count). The number of carbonyl (C=O) groups is 1. The molecule has 0 saturated carbocycles. The van der Waals surface area contributed by atoms with Gasteiger partial charge < -0.3 is 10.5 Å². The number of esters is 1. The molecule has 0 amide bonds. The van der Waals surface area contributed by atoms with E-state index < -0.39 is 6.04 Å². The molecule has 128 valence electrons. The van der Waals surface area contributed by atoms with Gasteiger partial charge in [0.1, 0.15) is 6.04 Å². The Kier molecular flexibility index (Phi) is 8.99. The van der Waals surface area contributed by atoms with Gasteiger partial charge in [0.05, 0.1) is 7.11 Å². The topological polar surface area (TPSA) is 55.6 Å². The molecule has 1 atom stereocenters. The van der Waals surface area contributed by atoms with Crippen LogP contribution in [0.5, 0.6) is 0 Å². The van der Waals surface area contributed by atoms with Crippen molar-refractivity contribution in [3.05, 3.63) is 41.5 Å². The summed E-state index contributed by atoms with van der Waals surface area (Å²) in [6.07, 6.45) is 5.97. The average molecular weight is 337 g/mol. The summed E-state index contributed by atoms with van der Waals surface area (Å²) in [6, 6.07) is 7.71. The zero-order chi connectivity index (χ0) is 17.2. The summed E-state index contributed by atoms with van der Waals surface area (Å²) in [6.45, 7) is 6.08. The molecule has 0 spiro atoms. The average Bonchev–Trinajstić information content (AvgIpc) is 2.63. The quantitative estimate of drug-likeness (QED) is 0.661. The molecule has 1 heterocycles. The summed E-state index contributed by atoms with van der Waals surface area (Å²) >= 11 is 1.79. The third-order valence-corrected chi connectivity index (χ3v) is 4.56. The smallest absolute Gasteiger partial charge is 0.322 e. The van der Waals surface area contributed by atoms with E-state index in [9.17, 15) is 4.79 Å². The maximum atomic E-state index is 11.3. The lowest BCUT2D eigenvalue weighted by Gasteiger charge is -2.24. The Morgan fingerprint density at radius 1 is 1.35 bits per heavy atom. The molecule has 23 heavy (non-hydrogen) atoms. The van der Waals surface area contributed by atoms with Gasteiger partial charge in [-0.05, 0) is 35.8 Å². The minimum absolute atomic E-state index is 0.369. The first-order valence-electron chi connectivity index (χ1n) is 8.05. The normalized spacial score (nSPS) is 16.0. The largest absolute Gasteiger partial charge is 0.468 e. The van der Waals surface area contributed by atoms with Crippen LogP contribution in [0, 0.1) is 0 Å². The fraction of sp³-hybridized carbons (Fsp3) is 0.500. The maximum Gasteiger partial charge on any atom is 0.322 e. The fourth-order valence-electron chi connectivity index (χ4n) is 2.42. The number of rotatable bonds is 5. The lowest BCUT2D eigenvalue weighted by molar-refractivity contribution is -0.142. The number of benzene rings is 1. The van der Waals surface area contributed by atoms with E-state index in [-0.39, 0.29) is 5.97 Å². The number of nitrogens with zero attached hydrogens (tertiary/aromatic N) is 1. The monoisotopic (exact) mass is 336 g/mol. The highest BCUT2D eigenvalue weighted by molar-refractivity contribution is 7.96. The second-order valence-corrected chi connectivity index (χ2v) is 5.96. The van der Waals surface area contributed by atoms with Crippen molar-refractivity contribution >= 4 is 23.5 Å². The maximum absolute atomic E-state index is 11.3. The molecule has 2 N–H and O–H groups in total. The van der Waals surface area contributed by atoms with E-state index in [0.717, 1.165) is 25.1 Å². The fourth-order valence-corrected chi connectivity index (χ4v) is 2.92. The van der Waals surface area contributed by atoms with Crippen LogP contribution in [0.3, 0.4) is 0 Å². The Hall–Kier alpha value is -1.30. The Bertz CT molecular complexity index is 514. The van der Waals surface area contributed by atoms with Gasteiger partial charge in [-0.2, -0.15) is 0 Å².